The van der Waals surface area contributed by atoms with E-state index in [9.17, 15) is 14.7 Å². The molecule has 0 radical (unpaired) electrons. The van der Waals surface area contributed by atoms with Gasteiger partial charge in [-0.25, -0.2) is 9.98 Å². The summed E-state index contributed by atoms with van der Waals surface area (Å²) in [5.41, 5.74) is 5.15. The molecule has 156 valence electrons. The van der Waals surface area contributed by atoms with Crippen molar-refractivity contribution >= 4 is 29.0 Å². The molecule has 0 saturated heterocycles. The number of aliphatic imine (C=N–C) groups is 2. The van der Waals surface area contributed by atoms with Crippen molar-refractivity contribution in [3.05, 3.63) is 28.8 Å². The Morgan fingerprint density at radius 2 is 1.90 bits per heavy atom. The molecule has 3 rings (SSSR count). The van der Waals surface area contributed by atoms with Crippen LogP contribution in [0.4, 0.5) is 5.69 Å². The van der Waals surface area contributed by atoms with E-state index in [2.05, 4.69) is 28.3 Å². The van der Waals surface area contributed by atoms with Gasteiger partial charge >= 0.3 is 5.97 Å². The summed E-state index contributed by atoms with van der Waals surface area (Å²) in [6, 6.07) is 4.21. The molecule has 2 heterocycles. The summed E-state index contributed by atoms with van der Waals surface area (Å²) >= 11 is 0. The molecular formula is C22H29N3O4. The number of carboxylic acids is 1. The third kappa shape index (κ3) is 5.29. The molecule has 1 aromatic rings. The van der Waals surface area contributed by atoms with Crippen LogP contribution in [-0.2, 0) is 9.59 Å². The van der Waals surface area contributed by atoms with Crippen molar-refractivity contribution in [1.29, 1.82) is 0 Å². The van der Waals surface area contributed by atoms with E-state index in [1.54, 1.807) is 0 Å². The zero-order valence-electron chi connectivity index (χ0n) is 17.1. The highest BCUT2D eigenvalue weighted by molar-refractivity contribution is 6.67. The van der Waals surface area contributed by atoms with Crippen LogP contribution in [0, 0.1) is 13.8 Å². The zero-order chi connectivity index (χ0) is 21.0. The molecule has 2 unspecified atom stereocenters. The van der Waals surface area contributed by atoms with Gasteiger partial charge in [0, 0.05) is 6.42 Å². The van der Waals surface area contributed by atoms with Gasteiger partial charge in [0.15, 0.2) is 0 Å². The van der Waals surface area contributed by atoms with Crippen LogP contribution in [-0.4, -0.2) is 39.9 Å². The van der Waals surface area contributed by atoms with Gasteiger partial charge in [-0.1, -0.05) is 25.3 Å². The molecule has 0 aliphatic carbocycles. The maximum Gasteiger partial charge on any atom is 0.303 e. The summed E-state index contributed by atoms with van der Waals surface area (Å²) in [4.78, 5) is 31.8. The van der Waals surface area contributed by atoms with Crippen LogP contribution in [0.25, 0.3) is 0 Å². The standard InChI is InChI=1S/C22H29N3O4/c1-13-11-16-15(7-5-3-4-6-8-19(26)27)9-10-17-20(21(28)25-22(29)24-17)23-18(16)12-14(13)2/h11-12,15,22,29H,3-10H2,1-2H3,(H,25,28)(H,26,27). The minimum absolute atomic E-state index is 0.229. The smallest absolute Gasteiger partial charge is 0.303 e. The van der Waals surface area contributed by atoms with E-state index < -0.39 is 12.3 Å². The van der Waals surface area contributed by atoms with Crippen LogP contribution in [0.5, 0.6) is 0 Å². The molecule has 7 nitrogen and oxygen atoms in total. The van der Waals surface area contributed by atoms with Crippen LogP contribution < -0.4 is 5.32 Å². The summed E-state index contributed by atoms with van der Waals surface area (Å²) < 4.78 is 0. The quantitative estimate of drug-likeness (QED) is 0.609. The number of benzene rings is 1. The number of rotatable bonds is 7. The van der Waals surface area contributed by atoms with Crippen LogP contribution >= 0.6 is 0 Å². The number of nitrogens with zero attached hydrogens (tertiary/aromatic N) is 2. The predicted molar refractivity (Wildman–Crippen MR) is 112 cm³/mol. The Bertz CT molecular complexity index is 860. The lowest BCUT2D eigenvalue weighted by Crippen LogP contribution is -2.47. The number of fused-ring (bicyclic) bond motifs is 2. The van der Waals surface area contributed by atoms with Crippen molar-refractivity contribution in [3.63, 3.8) is 0 Å². The van der Waals surface area contributed by atoms with E-state index in [1.807, 2.05) is 13.0 Å². The van der Waals surface area contributed by atoms with Crippen molar-refractivity contribution in [2.45, 2.75) is 77.5 Å². The Morgan fingerprint density at radius 1 is 1.17 bits per heavy atom. The predicted octanol–water partition coefficient (Wildman–Crippen LogP) is 3.53. The first-order valence-corrected chi connectivity index (χ1v) is 10.3. The summed E-state index contributed by atoms with van der Waals surface area (Å²) in [5, 5.41) is 20.9. The van der Waals surface area contributed by atoms with Crippen LogP contribution in [0.2, 0.25) is 0 Å². The Labute approximate surface area is 171 Å². The fourth-order valence-corrected chi connectivity index (χ4v) is 4.01. The molecule has 0 bridgehead atoms. The highest BCUT2D eigenvalue weighted by atomic mass is 16.4. The third-order valence-corrected chi connectivity index (χ3v) is 5.76. The molecule has 0 saturated carbocycles. The summed E-state index contributed by atoms with van der Waals surface area (Å²) in [5.74, 6) is -0.833. The van der Waals surface area contributed by atoms with E-state index in [0.29, 0.717) is 30.2 Å². The number of aliphatic hydroxyl groups is 1. The molecule has 2 aliphatic heterocycles. The first-order valence-electron chi connectivity index (χ1n) is 10.3. The van der Waals surface area contributed by atoms with E-state index in [0.717, 1.165) is 48.9 Å². The lowest BCUT2D eigenvalue weighted by molar-refractivity contribution is -0.137. The van der Waals surface area contributed by atoms with Gasteiger partial charge in [0.05, 0.1) is 11.4 Å². The fourth-order valence-electron chi connectivity index (χ4n) is 4.01. The normalized spacial score (nSPS) is 21.1. The molecule has 0 spiro atoms. The summed E-state index contributed by atoms with van der Waals surface area (Å²) in [6.45, 7) is 4.12. The molecule has 1 aromatic carbocycles. The second kappa shape index (κ2) is 9.31. The topological polar surface area (TPSA) is 111 Å². The van der Waals surface area contributed by atoms with E-state index in [-0.39, 0.29) is 12.3 Å². The number of hydrogen-bond acceptors (Lipinski definition) is 5. The Kier molecular flexibility index (Phi) is 6.79. The Hall–Kier alpha value is -2.54. The molecule has 0 fully saturated rings. The average molecular weight is 399 g/mol. The maximum atomic E-state index is 12.3. The Balaban J connectivity index is 1.82. The average Bonchev–Trinajstić information content (AvgIpc) is 2.64. The van der Waals surface area contributed by atoms with Crippen molar-refractivity contribution < 1.29 is 19.8 Å². The van der Waals surface area contributed by atoms with E-state index >= 15 is 0 Å². The summed E-state index contributed by atoms with van der Waals surface area (Å²) in [6.07, 6.45) is 5.09. The first-order chi connectivity index (χ1) is 13.8. The number of carbonyl (C=O) groups is 2. The molecule has 1 amide bonds. The molecular weight excluding hydrogens is 370 g/mol. The van der Waals surface area contributed by atoms with Crippen LogP contribution in [0.3, 0.4) is 0 Å². The molecule has 0 aromatic heterocycles. The number of nitrogens with one attached hydrogen (secondary N) is 1. The number of carboxylic acid groups (broad SMARTS) is 1. The maximum absolute atomic E-state index is 12.3. The van der Waals surface area contributed by atoms with Crippen molar-refractivity contribution in [3.8, 4) is 0 Å². The number of carbonyl (C=O) groups excluding carboxylic acids is 1. The van der Waals surface area contributed by atoms with Crippen molar-refractivity contribution in [1.82, 2.24) is 5.32 Å². The molecule has 7 heteroatoms. The van der Waals surface area contributed by atoms with Crippen LogP contribution in [0.15, 0.2) is 22.1 Å². The minimum Gasteiger partial charge on any atom is -0.481 e. The van der Waals surface area contributed by atoms with Gasteiger partial charge in [-0.05, 0) is 68.2 Å². The number of amides is 1. The van der Waals surface area contributed by atoms with Crippen molar-refractivity contribution in [2.24, 2.45) is 9.98 Å². The molecule has 2 aliphatic rings. The highest BCUT2D eigenvalue weighted by Crippen LogP contribution is 2.38. The van der Waals surface area contributed by atoms with E-state index in [4.69, 9.17) is 5.11 Å². The van der Waals surface area contributed by atoms with Gasteiger partial charge in [0.1, 0.15) is 5.71 Å². The van der Waals surface area contributed by atoms with Gasteiger partial charge in [-0.15, -0.1) is 0 Å². The molecule has 29 heavy (non-hydrogen) atoms. The van der Waals surface area contributed by atoms with Gasteiger partial charge in [-0.3, -0.25) is 9.59 Å². The Morgan fingerprint density at radius 3 is 2.66 bits per heavy atom. The number of aryl methyl sites for hydroxylation is 2. The molecule has 3 N–H and O–H groups in total. The summed E-state index contributed by atoms with van der Waals surface area (Å²) in [7, 11) is 0. The molecule has 2 atom stereocenters. The SMILES string of the molecule is Cc1cc2c(cc1C)C(CCCCCCC(=O)O)CCC1=NC(O)NC(=O)C1=N2. The second-order valence-electron chi connectivity index (χ2n) is 7.96. The lowest BCUT2D eigenvalue weighted by Gasteiger charge is -2.26. The number of unbranched alkanes of at least 4 members (excludes halogenated alkanes) is 3. The van der Waals surface area contributed by atoms with Gasteiger partial charge in [0.2, 0.25) is 6.35 Å². The minimum atomic E-state index is -1.21. The van der Waals surface area contributed by atoms with Crippen LogP contribution in [0.1, 0.15) is 74.0 Å². The largest absolute Gasteiger partial charge is 0.481 e. The highest BCUT2D eigenvalue weighted by Gasteiger charge is 2.30. The first kappa shape index (κ1) is 21.2. The van der Waals surface area contributed by atoms with Gasteiger partial charge < -0.3 is 15.5 Å². The van der Waals surface area contributed by atoms with E-state index in [1.165, 1.54) is 5.56 Å². The van der Waals surface area contributed by atoms with Gasteiger partial charge in [0.25, 0.3) is 5.91 Å². The fraction of sp³-hybridized carbons (Fsp3) is 0.545. The monoisotopic (exact) mass is 399 g/mol. The number of hydrogen-bond donors (Lipinski definition) is 3. The lowest BCUT2D eigenvalue weighted by atomic mass is 9.84. The van der Waals surface area contributed by atoms with Crippen molar-refractivity contribution in [2.75, 3.05) is 0 Å². The van der Waals surface area contributed by atoms with Gasteiger partial charge in [-0.2, -0.15) is 0 Å². The number of aliphatic hydroxyl groups excluding tert-OH is 1. The second-order valence-corrected chi connectivity index (χ2v) is 7.96. The zero-order valence-corrected chi connectivity index (χ0v) is 17.1. The number of aliphatic carboxylic acids is 1. The third-order valence-electron chi connectivity index (χ3n) is 5.76.